The summed E-state index contributed by atoms with van der Waals surface area (Å²) in [5.41, 5.74) is 2.34. The molecule has 1 fully saturated rings. The second-order valence-corrected chi connectivity index (χ2v) is 3.96. The van der Waals surface area contributed by atoms with Crippen molar-refractivity contribution in [2.24, 2.45) is 0 Å². The van der Waals surface area contributed by atoms with Gasteiger partial charge in [0.05, 0.1) is 5.69 Å². The third-order valence-electron chi connectivity index (χ3n) is 2.69. The Kier molecular flexibility index (Phi) is 2.62. The van der Waals surface area contributed by atoms with E-state index in [2.05, 4.69) is 24.1 Å². The number of benzene rings is 1. The molecule has 0 radical (unpaired) electrons. The van der Waals surface area contributed by atoms with Gasteiger partial charge < -0.3 is 0 Å². The standard InChI is InChI=1S/C12H16N2O/c1-10-5-3-6-12(9-10)14-8-4-7-13(14)11(2)15/h3,5-6,9H,4,7-8H2,1-2H3. The quantitative estimate of drug-likeness (QED) is 0.698. The molecule has 0 bridgehead atoms. The molecular weight excluding hydrogens is 188 g/mol. The van der Waals surface area contributed by atoms with Crippen LogP contribution in [0.25, 0.3) is 0 Å². The minimum atomic E-state index is 0.119. The van der Waals surface area contributed by atoms with Gasteiger partial charge in [0.25, 0.3) is 0 Å². The van der Waals surface area contributed by atoms with Crippen LogP contribution in [-0.2, 0) is 4.79 Å². The highest BCUT2D eigenvalue weighted by atomic mass is 16.2. The van der Waals surface area contributed by atoms with E-state index in [-0.39, 0.29) is 5.91 Å². The third kappa shape index (κ3) is 1.96. The summed E-state index contributed by atoms with van der Waals surface area (Å²) >= 11 is 0. The van der Waals surface area contributed by atoms with Crippen molar-refractivity contribution in [3.63, 3.8) is 0 Å². The van der Waals surface area contributed by atoms with Crippen molar-refractivity contribution in [2.45, 2.75) is 20.3 Å². The van der Waals surface area contributed by atoms with Crippen LogP contribution in [0.5, 0.6) is 0 Å². The van der Waals surface area contributed by atoms with E-state index in [1.807, 2.05) is 17.1 Å². The first kappa shape index (κ1) is 10.0. The number of nitrogens with zero attached hydrogens (tertiary/aromatic N) is 2. The molecule has 3 heteroatoms. The van der Waals surface area contributed by atoms with Gasteiger partial charge in [-0.15, -0.1) is 0 Å². The van der Waals surface area contributed by atoms with Crippen molar-refractivity contribution in [1.29, 1.82) is 0 Å². The van der Waals surface area contributed by atoms with E-state index in [1.54, 1.807) is 6.92 Å². The Balaban J connectivity index is 2.26. The maximum absolute atomic E-state index is 11.4. The minimum absolute atomic E-state index is 0.119. The highest BCUT2D eigenvalue weighted by molar-refractivity contribution is 5.76. The van der Waals surface area contributed by atoms with Gasteiger partial charge in [0.1, 0.15) is 0 Å². The maximum Gasteiger partial charge on any atom is 0.237 e. The summed E-state index contributed by atoms with van der Waals surface area (Å²) in [4.78, 5) is 11.4. The molecule has 1 aromatic carbocycles. The lowest BCUT2D eigenvalue weighted by Crippen LogP contribution is -2.39. The van der Waals surface area contributed by atoms with E-state index in [0.29, 0.717) is 0 Å². The summed E-state index contributed by atoms with van der Waals surface area (Å²) in [7, 11) is 0. The lowest BCUT2D eigenvalue weighted by atomic mass is 10.2. The fourth-order valence-electron chi connectivity index (χ4n) is 2.00. The molecule has 15 heavy (non-hydrogen) atoms. The Morgan fingerprint density at radius 3 is 2.80 bits per heavy atom. The van der Waals surface area contributed by atoms with Crippen LogP contribution in [0.15, 0.2) is 24.3 Å². The predicted molar refractivity (Wildman–Crippen MR) is 60.5 cm³/mol. The number of anilines is 1. The van der Waals surface area contributed by atoms with E-state index < -0.39 is 0 Å². The number of aryl methyl sites for hydroxylation is 1. The van der Waals surface area contributed by atoms with Gasteiger partial charge >= 0.3 is 0 Å². The number of rotatable bonds is 1. The first-order chi connectivity index (χ1) is 7.18. The van der Waals surface area contributed by atoms with Crippen molar-refractivity contribution in [3.05, 3.63) is 29.8 Å². The Morgan fingerprint density at radius 1 is 1.33 bits per heavy atom. The van der Waals surface area contributed by atoms with Crippen molar-refractivity contribution < 1.29 is 4.79 Å². The molecule has 0 atom stereocenters. The normalized spacial score (nSPS) is 15.9. The average molecular weight is 204 g/mol. The molecule has 0 spiro atoms. The molecule has 0 unspecified atom stereocenters. The molecule has 0 aromatic heterocycles. The topological polar surface area (TPSA) is 23.6 Å². The van der Waals surface area contributed by atoms with Crippen LogP contribution < -0.4 is 5.01 Å². The van der Waals surface area contributed by atoms with Gasteiger partial charge in [-0.3, -0.25) is 14.8 Å². The van der Waals surface area contributed by atoms with Gasteiger partial charge in [0.2, 0.25) is 5.91 Å². The predicted octanol–water partition coefficient (Wildman–Crippen LogP) is 1.97. The summed E-state index contributed by atoms with van der Waals surface area (Å²) in [6.45, 7) is 5.46. The summed E-state index contributed by atoms with van der Waals surface area (Å²) in [5, 5.41) is 3.88. The van der Waals surface area contributed by atoms with Crippen LogP contribution in [0.2, 0.25) is 0 Å². The number of amides is 1. The molecule has 0 saturated carbocycles. The molecule has 1 saturated heterocycles. The molecule has 1 amide bonds. The van der Waals surface area contributed by atoms with Crippen molar-refractivity contribution in [1.82, 2.24) is 5.01 Å². The molecule has 3 nitrogen and oxygen atoms in total. The SMILES string of the molecule is CC(=O)N1CCCN1c1cccc(C)c1. The zero-order chi connectivity index (χ0) is 10.8. The molecular formula is C12H16N2O. The maximum atomic E-state index is 11.4. The first-order valence-corrected chi connectivity index (χ1v) is 5.31. The van der Waals surface area contributed by atoms with Gasteiger partial charge in [-0.1, -0.05) is 12.1 Å². The Labute approximate surface area is 90.3 Å². The van der Waals surface area contributed by atoms with Crippen molar-refractivity contribution >= 4 is 11.6 Å². The zero-order valence-corrected chi connectivity index (χ0v) is 9.23. The molecule has 80 valence electrons. The number of hydrogen-bond acceptors (Lipinski definition) is 2. The summed E-state index contributed by atoms with van der Waals surface area (Å²) < 4.78 is 0. The Bertz CT molecular complexity index is 376. The lowest BCUT2D eigenvalue weighted by Gasteiger charge is -2.28. The van der Waals surface area contributed by atoms with Gasteiger partial charge in [0.15, 0.2) is 0 Å². The summed E-state index contributed by atoms with van der Waals surface area (Å²) in [6, 6.07) is 8.26. The van der Waals surface area contributed by atoms with Crippen LogP contribution in [-0.4, -0.2) is 24.0 Å². The Morgan fingerprint density at radius 2 is 2.13 bits per heavy atom. The first-order valence-electron chi connectivity index (χ1n) is 5.31. The van der Waals surface area contributed by atoms with E-state index in [4.69, 9.17) is 0 Å². The van der Waals surface area contributed by atoms with E-state index in [1.165, 1.54) is 5.56 Å². The number of hydrazine groups is 1. The molecule has 1 aliphatic rings. The van der Waals surface area contributed by atoms with Gasteiger partial charge in [-0.2, -0.15) is 0 Å². The van der Waals surface area contributed by atoms with Crippen LogP contribution in [0.4, 0.5) is 5.69 Å². The lowest BCUT2D eigenvalue weighted by molar-refractivity contribution is -0.128. The fourth-order valence-corrected chi connectivity index (χ4v) is 2.00. The van der Waals surface area contributed by atoms with Crippen LogP contribution >= 0.6 is 0 Å². The summed E-state index contributed by atoms with van der Waals surface area (Å²) in [6.07, 6.45) is 1.05. The van der Waals surface area contributed by atoms with Crippen LogP contribution in [0.1, 0.15) is 18.9 Å². The number of hydrogen-bond donors (Lipinski definition) is 0. The molecule has 0 aliphatic carbocycles. The highest BCUT2D eigenvalue weighted by Crippen LogP contribution is 2.22. The van der Waals surface area contributed by atoms with Gasteiger partial charge in [-0.05, 0) is 31.0 Å². The third-order valence-corrected chi connectivity index (χ3v) is 2.69. The number of carbonyl (C=O) groups is 1. The number of carbonyl (C=O) groups excluding carboxylic acids is 1. The second-order valence-electron chi connectivity index (χ2n) is 3.96. The van der Waals surface area contributed by atoms with Crippen LogP contribution in [0.3, 0.4) is 0 Å². The average Bonchev–Trinajstić information content (AvgIpc) is 2.65. The minimum Gasteiger partial charge on any atom is -0.283 e. The second kappa shape index (κ2) is 3.93. The monoisotopic (exact) mass is 204 g/mol. The largest absolute Gasteiger partial charge is 0.283 e. The molecule has 1 aliphatic heterocycles. The Hall–Kier alpha value is -1.51. The van der Waals surface area contributed by atoms with E-state index in [9.17, 15) is 4.79 Å². The van der Waals surface area contributed by atoms with Gasteiger partial charge in [0, 0.05) is 20.0 Å². The van der Waals surface area contributed by atoms with E-state index in [0.717, 1.165) is 25.2 Å². The smallest absolute Gasteiger partial charge is 0.237 e. The molecule has 1 heterocycles. The fraction of sp³-hybridized carbons (Fsp3) is 0.417. The van der Waals surface area contributed by atoms with Crippen molar-refractivity contribution in [2.75, 3.05) is 18.1 Å². The van der Waals surface area contributed by atoms with E-state index >= 15 is 0 Å². The van der Waals surface area contributed by atoms with Gasteiger partial charge in [-0.25, -0.2) is 0 Å². The molecule has 0 N–H and O–H groups in total. The zero-order valence-electron chi connectivity index (χ0n) is 9.23. The highest BCUT2D eigenvalue weighted by Gasteiger charge is 2.24. The van der Waals surface area contributed by atoms with Crippen LogP contribution in [0, 0.1) is 6.92 Å². The van der Waals surface area contributed by atoms with Crippen molar-refractivity contribution in [3.8, 4) is 0 Å². The summed E-state index contributed by atoms with van der Waals surface area (Å²) in [5.74, 6) is 0.119. The molecule has 2 rings (SSSR count). The molecule has 1 aromatic rings.